The van der Waals surface area contributed by atoms with E-state index in [0.29, 0.717) is 30.9 Å². The molecular weight excluding hydrogens is 355 g/mol. The first-order chi connectivity index (χ1) is 13.6. The zero-order valence-electron chi connectivity index (χ0n) is 16.0. The predicted octanol–water partition coefficient (Wildman–Crippen LogP) is 4.81. The fraction of sp³-hybridized carbons (Fsp3) is 0.364. The lowest BCUT2D eigenvalue weighted by atomic mass is 9.86. The van der Waals surface area contributed by atoms with E-state index in [0.717, 1.165) is 36.0 Å². The normalized spacial score (nSPS) is 16.1. The molecule has 2 N–H and O–H groups in total. The van der Waals surface area contributed by atoms with Gasteiger partial charge in [0.25, 0.3) is 5.91 Å². The summed E-state index contributed by atoms with van der Waals surface area (Å²) in [4.78, 5) is 16.4. The third-order valence-corrected chi connectivity index (χ3v) is 5.48. The average Bonchev–Trinajstić information content (AvgIpc) is 3.05. The highest BCUT2D eigenvalue weighted by Crippen LogP contribution is 2.35. The SMILES string of the molecule is CNC(=O)c1ccc(Nc2nc3ccccc3n2CC2(F)CCCCC2)cc1. The molecule has 146 valence electrons. The molecule has 0 unspecified atom stereocenters. The summed E-state index contributed by atoms with van der Waals surface area (Å²) in [5, 5.41) is 5.92. The van der Waals surface area contributed by atoms with Gasteiger partial charge in [-0.05, 0) is 49.2 Å². The third-order valence-electron chi connectivity index (χ3n) is 5.48. The van der Waals surface area contributed by atoms with Crippen molar-refractivity contribution >= 4 is 28.6 Å². The van der Waals surface area contributed by atoms with Crippen LogP contribution in [0.3, 0.4) is 0 Å². The van der Waals surface area contributed by atoms with Crippen molar-refractivity contribution in [3.8, 4) is 0 Å². The number of benzene rings is 2. The first kappa shape index (κ1) is 18.5. The van der Waals surface area contributed by atoms with Crippen LogP contribution in [0.4, 0.5) is 16.0 Å². The number of nitrogens with zero attached hydrogens (tertiary/aromatic N) is 2. The molecule has 4 rings (SSSR count). The molecule has 1 aliphatic rings. The van der Waals surface area contributed by atoms with Crippen molar-refractivity contribution in [2.24, 2.45) is 0 Å². The molecule has 0 saturated heterocycles. The van der Waals surface area contributed by atoms with Gasteiger partial charge in [0.15, 0.2) is 0 Å². The highest BCUT2D eigenvalue weighted by molar-refractivity contribution is 5.94. The van der Waals surface area contributed by atoms with Crippen LogP contribution in [0.2, 0.25) is 0 Å². The number of imidazole rings is 1. The molecule has 1 amide bonds. The largest absolute Gasteiger partial charge is 0.355 e. The quantitative estimate of drug-likeness (QED) is 0.668. The minimum absolute atomic E-state index is 0.129. The van der Waals surface area contributed by atoms with E-state index in [2.05, 4.69) is 15.6 Å². The summed E-state index contributed by atoms with van der Waals surface area (Å²) in [6.45, 7) is 0.298. The number of rotatable bonds is 5. The second kappa shape index (κ2) is 7.62. The Labute approximate surface area is 164 Å². The number of fused-ring (bicyclic) bond motifs is 1. The number of aromatic nitrogens is 2. The first-order valence-electron chi connectivity index (χ1n) is 9.81. The highest BCUT2D eigenvalue weighted by Gasteiger charge is 2.33. The summed E-state index contributed by atoms with van der Waals surface area (Å²) >= 11 is 0. The molecule has 6 heteroatoms. The van der Waals surface area contributed by atoms with Crippen molar-refractivity contribution in [1.82, 2.24) is 14.9 Å². The van der Waals surface area contributed by atoms with E-state index in [4.69, 9.17) is 0 Å². The average molecular weight is 380 g/mol. The number of nitrogens with one attached hydrogen (secondary N) is 2. The van der Waals surface area contributed by atoms with Crippen LogP contribution in [0.15, 0.2) is 48.5 Å². The molecule has 1 aromatic heterocycles. The smallest absolute Gasteiger partial charge is 0.251 e. The summed E-state index contributed by atoms with van der Waals surface area (Å²) in [5.74, 6) is 0.493. The number of alkyl halides is 1. The van der Waals surface area contributed by atoms with Crippen LogP contribution in [0.1, 0.15) is 42.5 Å². The van der Waals surface area contributed by atoms with Gasteiger partial charge in [-0.1, -0.05) is 31.4 Å². The molecule has 1 heterocycles. The zero-order valence-corrected chi connectivity index (χ0v) is 16.0. The zero-order chi connectivity index (χ0) is 19.6. The number of hydrogen-bond acceptors (Lipinski definition) is 3. The number of amides is 1. The van der Waals surface area contributed by atoms with Crippen LogP contribution >= 0.6 is 0 Å². The molecule has 0 spiro atoms. The van der Waals surface area contributed by atoms with Gasteiger partial charge in [0.1, 0.15) is 5.67 Å². The minimum Gasteiger partial charge on any atom is -0.355 e. The lowest BCUT2D eigenvalue weighted by Gasteiger charge is -2.30. The lowest BCUT2D eigenvalue weighted by molar-refractivity contribution is 0.0877. The third kappa shape index (κ3) is 3.72. The summed E-state index contributed by atoms with van der Waals surface area (Å²) in [5.41, 5.74) is 1.97. The molecular formula is C22H25FN4O. The van der Waals surface area contributed by atoms with Crippen LogP contribution in [0.5, 0.6) is 0 Å². The van der Waals surface area contributed by atoms with Crippen molar-refractivity contribution in [2.75, 3.05) is 12.4 Å². The van der Waals surface area contributed by atoms with Crippen LogP contribution in [-0.4, -0.2) is 28.2 Å². The lowest BCUT2D eigenvalue weighted by Crippen LogP contribution is -2.32. The van der Waals surface area contributed by atoms with Gasteiger partial charge in [-0.25, -0.2) is 9.37 Å². The number of carbonyl (C=O) groups excluding carboxylic acids is 1. The molecule has 0 bridgehead atoms. The Morgan fingerprint density at radius 2 is 1.82 bits per heavy atom. The van der Waals surface area contributed by atoms with E-state index in [1.807, 2.05) is 41.0 Å². The Morgan fingerprint density at radius 3 is 2.54 bits per heavy atom. The molecule has 2 aromatic carbocycles. The molecule has 28 heavy (non-hydrogen) atoms. The number of anilines is 2. The van der Waals surface area contributed by atoms with Crippen LogP contribution in [0, 0.1) is 0 Å². The minimum atomic E-state index is -1.19. The Kier molecular flexibility index (Phi) is 5.03. The molecule has 3 aromatic rings. The van der Waals surface area contributed by atoms with Crippen molar-refractivity contribution in [1.29, 1.82) is 0 Å². The molecule has 1 saturated carbocycles. The highest BCUT2D eigenvalue weighted by atomic mass is 19.1. The van der Waals surface area contributed by atoms with Gasteiger partial charge in [-0.15, -0.1) is 0 Å². The summed E-state index contributed by atoms with van der Waals surface area (Å²) in [6.07, 6.45) is 4.18. The number of carbonyl (C=O) groups is 1. The maximum absolute atomic E-state index is 15.4. The summed E-state index contributed by atoms with van der Waals surface area (Å²) in [6, 6.07) is 15.0. The van der Waals surface area contributed by atoms with Gasteiger partial charge in [-0.3, -0.25) is 4.79 Å². The van der Waals surface area contributed by atoms with Gasteiger partial charge in [0.2, 0.25) is 5.95 Å². The van der Waals surface area contributed by atoms with Crippen LogP contribution in [-0.2, 0) is 6.54 Å². The number of halogens is 1. The van der Waals surface area contributed by atoms with Gasteiger partial charge in [0.05, 0.1) is 17.6 Å². The Hall–Kier alpha value is -2.89. The van der Waals surface area contributed by atoms with Crippen molar-refractivity contribution in [2.45, 2.75) is 44.3 Å². The first-order valence-corrected chi connectivity index (χ1v) is 9.81. The topological polar surface area (TPSA) is 59.0 Å². The predicted molar refractivity (Wildman–Crippen MR) is 110 cm³/mol. The molecule has 1 fully saturated rings. The maximum atomic E-state index is 15.4. The van der Waals surface area contributed by atoms with E-state index in [-0.39, 0.29) is 5.91 Å². The van der Waals surface area contributed by atoms with Crippen molar-refractivity contribution in [3.63, 3.8) is 0 Å². The molecule has 1 aliphatic carbocycles. The van der Waals surface area contributed by atoms with Gasteiger partial charge in [-0.2, -0.15) is 0 Å². The van der Waals surface area contributed by atoms with E-state index >= 15 is 4.39 Å². The van der Waals surface area contributed by atoms with Crippen molar-refractivity contribution < 1.29 is 9.18 Å². The van der Waals surface area contributed by atoms with Crippen LogP contribution < -0.4 is 10.6 Å². The summed E-state index contributed by atoms with van der Waals surface area (Å²) < 4.78 is 17.4. The Bertz CT molecular complexity index is 974. The molecule has 0 atom stereocenters. The standard InChI is InChI=1S/C22H25FN4O/c1-24-20(28)16-9-11-17(12-10-16)25-21-26-18-7-3-4-8-19(18)27(21)15-22(23)13-5-2-6-14-22/h3-4,7-12H,2,5-6,13-15H2,1H3,(H,24,28)(H,25,26). The second-order valence-corrected chi connectivity index (χ2v) is 7.50. The van der Waals surface area contributed by atoms with Gasteiger partial charge >= 0.3 is 0 Å². The van der Waals surface area contributed by atoms with Crippen LogP contribution in [0.25, 0.3) is 11.0 Å². The number of para-hydroxylation sites is 2. The molecule has 0 aliphatic heterocycles. The van der Waals surface area contributed by atoms with E-state index in [1.165, 1.54) is 0 Å². The van der Waals surface area contributed by atoms with E-state index in [9.17, 15) is 4.79 Å². The Balaban J connectivity index is 1.65. The maximum Gasteiger partial charge on any atom is 0.251 e. The fourth-order valence-corrected chi connectivity index (χ4v) is 3.94. The van der Waals surface area contributed by atoms with Crippen molar-refractivity contribution in [3.05, 3.63) is 54.1 Å². The molecule has 0 radical (unpaired) electrons. The van der Waals surface area contributed by atoms with Gasteiger partial charge < -0.3 is 15.2 Å². The number of hydrogen-bond donors (Lipinski definition) is 2. The van der Waals surface area contributed by atoms with E-state index in [1.54, 1.807) is 19.2 Å². The monoisotopic (exact) mass is 380 g/mol. The fourth-order valence-electron chi connectivity index (χ4n) is 3.94. The summed E-state index contributed by atoms with van der Waals surface area (Å²) in [7, 11) is 1.61. The second-order valence-electron chi connectivity index (χ2n) is 7.50. The molecule has 5 nitrogen and oxygen atoms in total. The van der Waals surface area contributed by atoms with E-state index < -0.39 is 5.67 Å². The van der Waals surface area contributed by atoms with Gasteiger partial charge in [0, 0.05) is 18.3 Å². The Morgan fingerprint density at radius 1 is 1.11 bits per heavy atom.